The van der Waals surface area contributed by atoms with Crippen LogP contribution >= 0.6 is 0 Å². The van der Waals surface area contributed by atoms with Gasteiger partial charge in [-0.2, -0.15) is 5.21 Å². The zero-order chi connectivity index (χ0) is 13.7. The van der Waals surface area contributed by atoms with Gasteiger partial charge in [-0.3, -0.25) is 0 Å². The van der Waals surface area contributed by atoms with Crippen molar-refractivity contribution in [3.8, 4) is 11.8 Å². The Kier molecular flexibility index (Phi) is 4.18. The van der Waals surface area contributed by atoms with Crippen LogP contribution in [0.4, 0.5) is 0 Å². The Bertz CT molecular complexity index is 494. The summed E-state index contributed by atoms with van der Waals surface area (Å²) >= 11 is 0. The third-order valence-electron chi connectivity index (χ3n) is 2.59. The normalized spacial score (nSPS) is 12.2. The Morgan fingerprint density at radius 2 is 1.95 bits per heavy atom. The molecule has 1 unspecified atom stereocenters. The number of hydrogen-bond acceptors (Lipinski definition) is 8. The lowest BCUT2D eigenvalue weighted by atomic mass is 10.2. The number of rotatable bonds is 6. The molecule has 0 amide bonds. The summed E-state index contributed by atoms with van der Waals surface area (Å²) in [6, 6.07) is -0.0756. The summed E-state index contributed by atoms with van der Waals surface area (Å²) in [5.41, 5.74) is 0.739. The molecule has 2 rings (SSSR count). The number of ether oxygens (including phenoxy) is 2. The van der Waals surface area contributed by atoms with Gasteiger partial charge in [0.25, 0.3) is 0 Å². The van der Waals surface area contributed by atoms with Crippen LogP contribution < -0.4 is 14.8 Å². The van der Waals surface area contributed by atoms with Gasteiger partial charge in [-0.25, -0.2) is 9.97 Å². The molecular formula is C10H15N7O2. The number of methoxy groups -OCH3 is 2. The smallest absolute Gasteiger partial charge is 0.224 e. The predicted molar refractivity (Wildman–Crippen MR) is 64.6 cm³/mol. The van der Waals surface area contributed by atoms with E-state index in [9.17, 15) is 0 Å². The summed E-state index contributed by atoms with van der Waals surface area (Å²) in [7, 11) is 3.10. The number of aromatic amines is 1. The first-order valence-electron chi connectivity index (χ1n) is 5.64. The van der Waals surface area contributed by atoms with Crippen molar-refractivity contribution in [3.05, 3.63) is 17.7 Å². The van der Waals surface area contributed by atoms with E-state index in [0.29, 0.717) is 24.1 Å². The molecule has 0 fully saturated rings. The number of hydrogen-bond donors (Lipinski definition) is 2. The van der Waals surface area contributed by atoms with Gasteiger partial charge in [0.2, 0.25) is 11.8 Å². The highest BCUT2D eigenvalue weighted by Gasteiger charge is 2.15. The molecule has 1 atom stereocenters. The maximum absolute atomic E-state index is 5.19. The van der Waals surface area contributed by atoms with Crippen molar-refractivity contribution in [1.29, 1.82) is 0 Å². The molecule has 9 heteroatoms. The minimum Gasteiger partial charge on any atom is -0.481 e. The first kappa shape index (κ1) is 13.1. The fraction of sp³-hybridized carbons (Fsp3) is 0.500. The lowest BCUT2D eigenvalue weighted by molar-refractivity contribution is 0.357. The van der Waals surface area contributed by atoms with Gasteiger partial charge in [0, 0.05) is 6.54 Å². The molecule has 2 N–H and O–H groups in total. The van der Waals surface area contributed by atoms with Crippen LogP contribution in [0.2, 0.25) is 0 Å². The fourth-order valence-electron chi connectivity index (χ4n) is 1.58. The number of nitrogens with one attached hydrogen (secondary N) is 2. The maximum Gasteiger partial charge on any atom is 0.224 e. The van der Waals surface area contributed by atoms with E-state index in [1.165, 1.54) is 6.33 Å². The third kappa shape index (κ3) is 2.94. The van der Waals surface area contributed by atoms with Crippen LogP contribution in [0.25, 0.3) is 0 Å². The molecule has 0 saturated carbocycles. The first-order valence-corrected chi connectivity index (χ1v) is 5.64. The standard InChI is InChI=1S/C10H15N7O2/c1-6(8-14-16-17-15-8)11-4-7-9(18-2)12-5-13-10(7)19-3/h5-6,11H,4H2,1-3H3,(H,14,15,16,17). The molecule has 102 valence electrons. The van der Waals surface area contributed by atoms with Crippen LogP contribution in [0, 0.1) is 0 Å². The van der Waals surface area contributed by atoms with Crippen molar-refractivity contribution < 1.29 is 9.47 Å². The van der Waals surface area contributed by atoms with Crippen molar-refractivity contribution in [2.45, 2.75) is 19.5 Å². The number of nitrogens with zero attached hydrogens (tertiary/aromatic N) is 5. The van der Waals surface area contributed by atoms with Crippen LogP contribution in [0.5, 0.6) is 11.8 Å². The van der Waals surface area contributed by atoms with E-state index in [1.54, 1.807) is 14.2 Å². The van der Waals surface area contributed by atoms with Crippen molar-refractivity contribution in [1.82, 2.24) is 35.9 Å². The van der Waals surface area contributed by atoms with Crippen LogP contribution in [-0.4, -0.2) is 44.8 Å². The molecule has 2 heterocycles. The molecule has 2 aromatic heterocycles. The van der Waals surface area contributed by atoms with E-state index in [0.717, 1.165) is 5.56 Å². The Morgan fingerprint density at radius 3 is 2.47 bits per heavy atom. The van der Waals surface area contributed by atoms with E-state index in [4.69, 9.17) is 9.47 Å². The molecule has 0 aromatic carbocycles. The molecule has 0 radical (unpaired) electrons. The number of tetrazole rings is 1. The van der Waals surface area contributed by atoms with Gasteiger partial charge in [-0.15, -0.1) is 10.2 Å². The lowest BCUT2D eigenvalue weighted by Crippen LogP contribution is -2.20. The van der Waals surface area contributed by atoms with Crippen molar-refractivity contribution in [2.75, 3.05) is 14.2 Å². The summed E-state index contributed by atoms with van der Waals surface area (Å²) in [6.45, 7) is 2.39. The van der Waals surface area contributed by atoms with Gasteiger partial charge < -0.3 is 14.8 Å². The van der Waals surface area contributed by atoms with E-state index in [1.807, 2.05) is 6.92 Å². The summed E-state index contributed by atoms with van der Waals surface area (Å²) in [6.07, 6.45) is 1.39. The maximum atomic E-state index is 5.19. The van der Waals surface area contributed by atoms with Gasteiger partial charge in [0.1, 0.15) is 6.33 Å². The third-order valence-corrected chi connectivity index (χ3v) is 2.59. The molecule has 2 aromatic rings. The van der Waals surface area contributed by atoms with Gasteiger partial charge in [-0.05, 0) is 6.92 Å². The highest BCUT2D eigenvalue weighted by atomic mass is 16.5. The monoisotopic (exact) mass is 265 g/mol. The van der Waals surface area contributed by atoms with Crippen LogP contribution in [0.15, 0.2) is 6.33 Å². The minimum absolute atomic E-state index is 0.0756. The fourth-order valence-corrected chi connectivity index (χ4v) is 1.58. The van der Waals surface area contributed by atoms with E-state index < -0.39 is 0 Å². The summed E-state index contributed by atoms with van der Waals surface area (Å²) in [4.78, 5) is 8.09. The lowest BCUT2D eigenvalue weighted by Gasteiger charge is -2.13. The summed E-state index contributed by atoms with van der Waals surface area (Å²) < 4.78 is 10.4. The number of aromatic nitrogens is 6. The van der Waals surface area contributed by atoms with Gasteiger partial charge in [-0.1, -0.05) is 5.21 Å². The quantitative estimate of drug-likeness (QED) is 0.742. The van der Waals surface area contributed by atoms with Crippen LogP contribution in [-0.2, 0) is 6.54 Å². The molecule has 0 aliphatic carbocycles. The Labute approximate surface area is 109 Å². The van der Waals surface area contributed by atoms with E-state index >= 15 is 0 Å². The second kappa shape index (κ2) is 6.05. The van der Waals surface area contributed by atoms with Crippen LogP contribution in [0.1, 0.15) is 24.4 Å². The van der Waals surface area contributed by atoms with Gasteiger partial charge >= 0.3 is 0 Å². The molecule has 0 bridgehead atoms. The zero-order valence-corrected chi connectivity index (χ0v) is 10.9. The van der Waals surface area contributed by atoms with E-state index in [2.05, 4.69) is 35.9 Å². The minimum atomic E-state index is -0.0756. The van der Waals surface area contributed by atoms with Crippen molar-refractivity contribution in [3.63, 3.8) is 0 Å². The van der Waals surface area contributed by atoms with Crippen molar-refractivity contribution in [2.24, 2.45) is 0 Å². The molecule has 0 saturated heterocycles. The molecule has 9 nitrogen and oxygen atoms in total. The average molecular weight is 265 g/mol. The van der Waals surface area contributed by atoms with Gasteiger partial charge in [0.05, 0.1) is 25.8 Å². The van der Waals surface area contributed by atoms with Crippen LogP contribution in [0.3, 0.4) is 0 Å². The highest BCUT2D eigenvalue weighted by molar-refractivity contribution is 5.34. The highest BCUT2D eigenvalue weighted by Crippen LogP contribution is 2.23. The largest absolute Gasteiger partial charge is 0.481 e. The average Bonchev–Trinajstić information content (AvgIpc) is 2.98. The first-order chi connectivity index (χ1) is 9.26. The Hall–Kier alpha value is -2.29. The zero-order valence-electron chi connectivity index (χ0n) is 10.9. The predicted octanol–water partition coefficient (Wildman–Crippen LogP) is -0.142. The van der Waals surface area contributed by atoms with Gasteiger partial charge in [0.15, 0.2) is 5.82 Å². The van der Waals surface area contributed by atoms with E-state index in [-0.39, 0.29) is 6.04 Å². The second-order valence-electron chi connectivity index (χ2n) is 3.74. The molecular weight excluding hydrogens is 250 g/mol. The second-order valence-corrected chi connectivity index (χ2v) is 3.74. The molecule has 0 aliphatic rings. The number of H-pyrrole nitrogens is 1. The Balaban J connectivity index is 2.10. The topological polar surface area (TPSA) is 111 Å². The SMILES string of the molecule is COc1ncnc(OC)c1CNC(C)c1nn[nH]n1. The summed E-state index contributed by atoms with van der Waals surface area (Å²) in [5.74, 6) is 1.52. The molecule has 19 heavy (non-hydrogen) atoms. The Morgan fingerprint density at radius 1 is 1.26 bits per heavy atom. The van der Waals surface area contributed by atoms with Crippen molar-refractivity contribution >= 4 is 0 Å². The summed E-state index contributed by atoms with van der Waals surface area (Å²) in [5, 5.41) is 17.0. The molecule has 0 spiro atoms. The molecule has 0 aliphatic heterocycles.